The predicted octanol–water partition coefficient (Wildman–Crippen LogP) is 3.30. The average Bonchev–Trinajstić information content (AvgIpc) is 2.28. The maximum atomic E-state index is 3.44. The maximum Gasteiger partial charge on any atom is 0.0227 e. The standard InChI is InChI=1S/C14H19N/c1-3-4-6-9-13(2)15-12-14-10-7-5-8-11-14/h3-11,13,15H,12H2,1-2H3/b4-3+,9-6+/t13-/m1/s1. The molecule has 0 bridgehead atoms. The van der Waals surface area contributed by atoms with Gasteiger partial charge in [0.25, 0.3) is 0 Å². The summed E-state index contributed by atoms with van der Waals surface area (Å²) in [6, 6.07) is 10.8. The van der Waals surface area contributed by atoms with Gasteiger partial charge in [0.15, 0.2) is 0 Å². The Morgan fingerprint density at radius 1 is 1.20 bits per heavy atom. The average molecular weight is 201 g/mol. The Balaban J connectivity index is 2.31. The molecule has 0 aliphatic carbocycles. The highest BCUT2D eigenvalue weighted by Gasteiger charge is 1.95. The summed E-state index contributed by atoms with van der Waals surface area (Å²) >= 11 is 0. The molecule has 0 aromatic heterocycles. The SMILES string of the molecule is C/C=C/C=C/[C@@H](C)NCc1ccccc1. The zero-order valence-electron chi connectivity index (χ0n) is 9.48. The van der Waals surface area contributed by atoms with Crippen LogP contribution in [-0.4, -0.2) is 6.04 Å². The van der Waals surface area contributed by atoms with Crippen molar-refractivity contribution >= 4 is 0 Å². The number of benzene rings is 1. The van der Waals surface area contributed by atoms with Gasteiger partial charge in [-0.25, -0.2) is 0 Å². The highest BCUT2D eigenvalue weighted by molar-refractivity contribution is 5.14. The highest BCUT2D eigenvalue weighted by atomic mass is 14.9. The van der Waals surface area contributed by atoms with Gasteiger partial charge in [-0.3, -0.25) is 0 Å². The van der Waals surface area contributed by atoms with E-state index in [-0.39, 0.29) is 0 Å². The van der Waals surface area contributed by atoms with Crippen molar-refractivity contribution < 1.29 is 0 Å². The molecule has 0 spiro atoms. The third-order valence-corrected chi connectivity index (χ3v) is 2.17. The fourth-order valence-corrected chi connectivity index (χ4v) is 1.28. The van der Waals surface area contributed by atoms with E-state index in [0.29, 0.717) is 6.04 Å². The minimum atomic E-state index is 0.404. The van der Waals surface area contributed by atoms with Gasteiger partial charge in [-0.05, 0) is 19.4 Å². The molecule has 0 radical (unpaired) electrons. The monoisotopic (exact) mass is 201 g/mol. The number of nitrogens with one attached hydrogen (secondary N) is 1. The summed E-state index contributed by atoms with van der Waals surface area (Å²) in [6.45, 7) is 5.09. The maximum absolute atomic E-state index is 3.44. The lowest BCUT2D eigenvalue weighted by atomic mass is 10.2. The van der Waals surface area contributed by atoms with Crippen LogP contribution in [0.2, 0.25) is 0 Å². The fourth-order valence-electron chi connectivity index (χ4n) is 1.28. The summed E-state index contributed by atoms with van der Waals surface area (Å²) < 4.78 is 0. The second-order valence-corrected chi connectivity index (χ2v) is 3.57. The van der Waals surface area contributed by atoms with Crippen LogP contribution < -0.4 is 5.32 Å². The largest absolute Gasteiger partial charge is 0.307 e. The molecule has 0 unspecified atom stereocenters. The summed E-state index contributed by atoms with van der Waals surface area (Å²) in [6.07, 6.45) is 8.30. The van der Waals surface area contributed by atoms with Gasteiger partial charge in [-0.15, -0.1) is 0 Å². The lowest BCUT2D eigenvalue weighted by Crippen LogP contribution is -2.23. The van der Waals surface area contributed by atoms with E-state index in [0.717, 1.165) is 6.54 Å². The summed E-state index contributed by atoms with van der Waals surface area (Å²) in [5.41, 5.74) is 1.32. The lowest BCUT2D eigenvalue weighted by molar-refractivity contribution is 0.633. The summed E-state index contributed by atoms with van der Waals surface area (Å²) in [4.78, 5) is 0. The third-order valence-electron chi connectivity index (χ3n) is 2.17. The van der Waals surface area contributed by atoms with Crippen LogP contribution in [0.15, 0.2) is 54.6 Å². The van der Waals surface area contributed by atoms with E-state index in [9.17, 15) is 0 Å². The molecule has 0 fully saturated rings. The van der Waals surface area contributed by atoms with Crippen LogP contribution in [-0.2, 0) is 6.54 Å². The van der Waals surface area contributed by atoms with Gasteiger partial charge >= 0.3 is 0 Å². The van der Waals surface area contributed by atoms with E-state index in [4.69, 9.17) is 0 Å². The molecule has 0 aliphatic heterocycles. The molecule has 1 aromatic rings. The molecular weight excluding hydrogens is 182 g/mol. The first-order valence-electron chi connectivity index (χ1n) is 5.39. The molecule has 1 atom stereocenters. The second kappa shape index (κ2) is 7.02. The lowest BCUT2D eigenvalue weighted by Gasteiger charge is -2.08. The second-order valence-electron chi connectivity index (χ2n) is 3.57. The van der Waals surface area contributed by atoms with Crippen molar-refractivity contribution in [3.05, 3.63) is 60.2 Å². The highest BCUT2D eigenvalue weighted by Crippen LogP contribution is 1.98. The molecule has 1 aromatic carbocycles. The quantitative estimate of drug-likeness (QED) is 0.721. The predicted molar refractivity (Wildman–Crippen MR) is 66.7 cm³/mol. The molecule has 15 heavy (non-hydrogen) atoms. The van der Waals surface area contributed by atoms with E-state index >= 15 is 0 Å². The van der Waals surface area contributed by atoms with Crippen LogP contribution in [0.25, 0.3) is 0 Å². The molecule has 0 saturated heterocycles. The molecule has 1 N–H and O–H groups in total. The first kappa shape index (κ1) is 11.7. The molecule has 0 amide bonds. The minimum absolute atomic E-state index is 0.404. The Hall–Kier alpha value is -1.34. The Bertz CT molecular complexity index is 311. The number of hydrogen-bond donors (Lipinski definition) is 1. The van der Waals surface area contributed by atoms with E-state index < -0.39 is 0 Å². The van der Waals surface area contributed by atoms with Gasteiger partial charge in [0.2, 0.25) is 0 Å². The fraction of sp³-hybridized carbons (Fsp3) is 0.286. The summed E-state index contributed by atoms with van der Waals surface area (Å²) in [7, 11) is 0. The van der Waals surface area contributed by atoms with Gasteiger partial charge in [0, 0.05) is 12.6 Å². The van der Waals surface area contributed by atoms with Crippen molar-refractivity contribution in [1.82, 2.24) is 5.32 Å². The van der Waals surface area contributed by atoms with Crippen molar-refractivity contribution in [1.29, 1.82) is 0 Å². The van der Waals surface area contributed by atoms with Gasteiger partial charge in [0.1, 0.15) is 0 Å². The van der Waals surface area contributed by atoms with Gasteiger partial charge in [-0.1, -0.05) is 54.6 Å². The van der Waals surface area contributed by atoms with Crippen LogP contribution in [0.1, 0.15) is 19.4 Å². The first-order valence-corrected chi connectivity index (χ1v) is 5.39. The van der Waals surface area contributed by atoms with E-state index in [1.807, 2.05) is 25.1 Å². The third kappa shape index (κ3) is 5.18. The molecule has 80 valence electrons. The smallest absolute Gasteiger partial charge is 0.0227 e. The molecule has 1 rings (SSSR count). The minimum Gasteiger partial charge on any atom is -0.307 e. The van der Waals surface area contributed by atoms with Gasteiger partial charge < -0.3 is 5.32 Å². The molecule has 1 nitrogen and oxygen atoms in total. The van der Waals surface area contributed by atoms with Crippen LogP contribution in [0.4, 0.5) is 0 Å². The van der Waals surface area contributed by atoms with Crippen LogP contribution in [0.5, 0.6) is 0 Å². The molecular formula is C14H19N. The normalized spacial score (nSPS) is 13.7. The van der Waals surface area contributed by atoms with Crippen LogP contribution in [0.3, 0.4) is 0 Å². The molecule has 1 heteroatoms. The summed E-state index contributed by atoms with van der Waals surface area (Å²) in [5, 5.41) is 3.44. The van der Waals surface area contributed by atoms with Crippen molar-refractivity contribution in [2.75, 3.05) is 0 Å². The van der Waals surface area contributed by atoms with E-state index in [2.05, 4.69) is 48.7 Å². The molecule has 0 aliphatic rings. The van der Waals surface area contributed by atoms with Crippen molar-refractivity contribution in [2.24, 2.45) is 0 Å². The van der Waals surface area contributed by atoms with Crippen molar-refractivity contribution in [3.63, 3.8) is 0 Å². The van der Waals surface area contributed by atoms with E-state index in [1.165, 1.54) is 5.56 Å². The Morgan fingerprint density at radius 3 is 2.60 bits per heavy atom. The summed E-state index contributed by atoms with van der Waals surface area (Å²) in [5.74, 6) is 0. The van der Waals surface area contributed by atoms with Crippen LogP contribution >= 0.6 is 0 Å². The zero-order chi connectivity index (χ0) is 10.9. The molecule has 0 heterocycles. The van der Waals surface area contributed by atoms with Crippen molar-refractivity contribution in [2.45, 2.75) is 26.4 Å². The van der Waals surface area contributed by atoms with Gasteiger partial charge in [0.05, 0.1) is 0 Å². The van der Waals surface area contributed by atoms with E-state index in [1.54, 1.807) is 0 Å². The number of rotatable bonds is 5. The Morgan fingerprint density at radius 2 is 1.93 bits per heavy atom. The topological polar surface area (TPSA) is 12.0 Å². The zero-order valence-corrected chi connectivity index (χ0v) is 9.48. The molecule has 0 saturated carbocycles. The first-order chi connectivity index (χ1) is 7.33. The van der Waals surface area contributed by atoms with Crippen LogP contribution in [0, 0.1) is 0 Å². The van der Waals surface area contributed by atoms with Gasteiger partial charge in [-0.2, -0.15) is 0 Å². The van der Waals surface area contributed by atoms with Crippen molar-refractivity contribution in [3.8, 4) is 0 Å². The number of hydrogen-bond acceptors (Lipinski definition) is 1. The Kier molecular flexibility index (Phi) is 5.49. The number of allylic oxidation sites excluding steroid dienone is 3. The Labute approximate surface area is 92.5 Å².